The summed E-state index contributed by atoms with van der Waals surface area (Å²) in [6.45, 7) is 5.30. The van der Waals surface area contributed by atoms with E-state index in [9.17, 15) is 0 Å². The molecule has 2 N–H and O–H groups in total. The Morgan fingerprint density at radius 1 is 1.31 bits per heavy atom. The predicted octanol–water partition coefficient (Wildman–Crippen LogP) is 2.34. The van der Waals surface area contributed by atoms with Crippen LogP contribution in [0.15, 0.2) is 0 Å². The van der Waals surface area contributed by atoms with Gasteiger partial charge in [0.1, 0.15) is 0 Å². The van der Waals surface area contributed by atoms with Crippen molar-refractivity contribution in [2.24, 2.45) is 29.1 Å². The van der Waals surface area contributed by atoms with Crippen molar-refractivity contribution in [2.75, 3.05) is 6.61 Å². The molecule has 2 rings (SSSR count). The first-order valence-corrected chi connectivity index (χ1v) is 5.45. The molecule has 0 aromatic rings. The SMILES string of the molecule is CC(C)(CON)C1CC2CCC1C2. The molecule has 0 saturated heterocycles. The summed E-state index contributed by atoms with van der Waals surface area (Å²) in [6.07, 6.45) is 5.81. The second-order valence-corrected chi connectivity index (χ2v) is 5.58. The Bertz CT molecular complexity index is 191. The van der Waals surface area contributed by atoms with Crippen LogP contribution in [0, 0.1) is 23.2 Å². The fraction of sp³-hybridized carbons (Fsp3) is 1.00. The molecule has 0 aromatic carbocycles. The lowest BCUT2D eigenvalue weighted by Crippen LogP contribution is -2.33. The van der Waals surface area contributed by atoms with Crippen LogP contribution in [0.2, 0.25) is 0 Å². The number of hydrogen-bond donors (Lipinski definition) is 1. The van der Waals surface area contributed by atoms with Gasteiger partial charge in [-0.1, -0.05) is 20.3 Å². The van der Waals surface area contributed by atoms with Gasteiger partial charge in [-0.05, 0) is 42.4 Å². The van der Waals surface area contributed by atoms with E-state index < -0.39 is 0 Å². The molecule has 13 heavy (non-hydrogen) atoms. The lowest BCUT2D eigenvalue weighted by molar-refractivity contribution is 0.00997. The number of fused-ring (bicyclic) bond motifs is 2. The van der Waals surface area contributed by atoms with Crippen molar-refractivity contribution in [3.8, 4) is 0 Å². The van der Waals surface area contributed by atoms with Gasteiger partial charge in [0.05, 0.1) is 6.61 Å². The summed E-state index contributed by atoms with van der Waals surface area (Å²) in [4.78, 5) is 4.83. The summed E-state index contributed by atoms with van der Waals surface area (Å²) >= 11 is 0. The maximum absolute atomic E-state index is 5.18. The maximum atomic E-state index is 5.18. The fourth-order valence-corrected chi connectivity index (χ4v) is 3.52. The van der Waals surface area contributed by atoms with Crippen LogP contribution < -0.4 is 5.90 Å². The summed E-state index contributed by atoms with van der Waals surface area (Å²) in [6, 6.07) is 0. The number of hydrogen-bond acceptors (Lipinski definition) is 2. The summed E-state index contributed by atoms with van der Waals surface area (Å²) in [5.41, 5.74) is 0.286. The lowest BCUT2D eigenvalue weighted by atomic mass is 9.71. The smallest absolute Gasteiger partial charge is 0.0732 e. The quantitative estimate of drug-likeness (QED) is 0.682. The minimum absolute atomic E-state index is 0.286. The summed E-state index contributed by atoms with van der Waals surface area (Å²) in [5.74, 6) is 8.02. The van der Waals surface area contributed by atoms with E-state index in [0.29, 0.717) is 6.61 Å². The molecule has 0 amide bonds. The highest BCUT2D eigenvalue weighted by atomic mass is 16.6. The van der Waals surface area contributed by atoms with Gasteiger partial charge in [-0.25, -0.2) is 5.90 Å². The molecule has 2 aliphatic carbocycles. The molecule has 2 nitrogen and oxygen atoms in total. The van der Waals surface area contributed by atoms with Crippen molar-refractivity contribution < 1.29 is 4.84 Å². The highest BCUT2D eigenvalue weighted by Crippen LogP contribution is 2.54. The van der Waals surface area contributed by atoms with E-state index in [1.54, 1.807) is 0 Å². The first-order chi connectivity index (χ1) is 6.13. The first-order valence-electron chi connectivity index (χ1n) is 5.45. The molecule has 0 heterocycles. The molecule has 2 bridgehead atoms. The topological polar surface area (TPSA) is 35.2 Å². The van der Waals surface area contributed by atoms with Crippen LogP contribution in [0.1, 0.15) is 39.5 Å². The van der Waals surface area contributed by atoms with E-state index in [2.05, 4.69) is 13.8 Å². The first kappa shape index (κ1) is 9.47. The molecule has 0 aromatic heterocycles. The zero-order chi connectivity index (χ0) is 9.47. The van der Waals surface area contributed by atoms with Crippen LogP contribution in [0.3, 0.4) is 0 Å². The van der Waals surface area contributed by atoms with Crippen LogP contribution in [0.5, 0.6) is 0 Å². The van der Waals surface area contributed by atoms with E-state index >= 15 is 0 Å². The fourth-order valence-electron chi connectivity index (χ4n) is 3.52. The minimum atomic E-state index is 0.286. The minimum Gasteiger partial charge on any atom is -0.304 e. The highest BCUT2D eigenvalue weighted by Gasteiger charge is 2.46. The van der Waals surface area contributed by atoms with Crippen LogP contribution in [-0.2, 0) is 4.84 Å². The monoisotopic (exact) mass is 183 g/mol. The molecule has 76 valence electrons. The van der Waals surface area contributed by atoms with Gasteiger partial charge < -0.3 is 4.84 Å². The third-order valence-electron chi connectivity index (χ3n) is 4.20. The lowest BCUT2D eigenvalue weighted by Gasteiger charge is -2.36. The molecular formula is C11H21NO. The van der Waals surface area contributed by atoms with Crippen LogP contribution in [-0.4, -0.2) is 6.61 Å². The van der Waals surface area contributed by atoms with Gasteiger partial charge in [0.25, 0.3) is 0 Å². The largest absolute Gasteiger partial charge is 0.304 e. The molecule has 2 saturated carbocycles. The van der Waals surface area contributed by atoms with E-state index in [1.165, 1.54) is 25.7 Å². The Morgan fingerprint density at radius 2 is 2.08 bits per heavy atom. The van der Waals surface area contributed by atoms with Gasteiger partial charge in [-0.3, -0.25) is 0 Å². The average Bonchev–Trinajstić information content (AvgIpc) is 2.63. The highest BCUT2D eigenvalue weighted by molar-refractivity contribution is 4.95. The average molecular weight is 183 g/mol. The number of rotatable bonds is 3. The molecule has 2 fully saturated rings. The molecular weight excluding hydrogens is 162 g/mol. The van der Waals surface area contributed by atoms with Gasteiger partial charge in [0, 0.05) is 0 Å². The molecule has 0 spiro atoms. The van der Waals surface area contributed by atoms with Crippen molar-refractivity contribution in [1.29, 1.82) is 0 Å². The maximum Gasteiger partial charge on any atom is 0.0732 e. The third-order valence-corrected chi connectivity index (χ3v) is 4.20. The normalized spacial score (nSPS) is 38.5. The Labute approximate surface area is 80.8 Å². The van der Waals surface area contributed by atoms with Crippen molar-refractivity contribution in [1.82, 2.24) is 0 Å². The summed E-state index contributed by atoms with van der Waals surface area (Å²) in [7, 11) is 0. The van der Waals surface area contributed by atoms with Gasteiger partial charge in [0.2, 0.25) is 0 Å². The Kier molecular flexibility index (Phi) is 2.37. The Hall–Kier alpha value is -0.0800. The summed E-state index contributed by atoms with van der Waals surface area (Å²) < 4.78 is 0. The van der Waals surface area contributed by atoms with Crippen molar-refractivity contribution in [3.05, 3.63) is 0 Å². The number of nitrogens with two attached hydrogens (primary N) is 1. The molecule has 2 aliphatic rings. The third kappa shape index (κ3) is 1.62. The standard InChI is InChI=1S/C11H21NO/c1-11(2,7-13-12)10-6-8-3-4-9(10)5-8/h8-10H,3-7,12H2,1-2H3. The second kappa shape index (κ2) is 3.25. The van der Waals surface area contributed by atoms with E-state index in [-0.39, 0.29) is 5.41 Å². The van der Waals surface area contributed by atoms with Gasteiger partial charge >= 0.3 is 0 Å². The van der Waals surface area contributed by atoms with Gasteiger partial charge in [-0.2, -0.15) is 0 Å². The van der Waals surface area contributed by atoms with Crippen molar-refractivity contribution >= 4 is 0 Å². The van der Waals surface area contributed by atoms with Crippen molar-refractivity contribution in [3.63, 3.8) is 0 Å². The van der Waals surface area contributed by atoms with Crippen LogP contribution in [0.4, 0.5) is 0 Å². The van der Waals surface area contributed by atoms with E-state index in [1.807, 2.05) is 0 Å². The van der Waals surface area contributed by atoms with Crippen LogP contribution >= 0.6 is 0 Å². The Balaban J connectivity index is 2.01. The van der Waals surface area contributed by atoms with Crippen LogP contribution in [0.25, 0.3) is 0 Å². The molecule has 3 atom stereocenters. The van der Waals surface area contributed by atoms with Gasteiger partial charge in [-0.15, -0.1) is 0 Å². The predicted molar refractivity (Wildman–Crippen MR) is 52.9 cm³/mol. The molecule has 0 aliphatic heterocycles. The summed E-state index contributed by atoms with van der Waals surface area (Å²) in [5, 5.41) is 0. The molecule has 2 heteroatoms. The molecule has 0 radical (unpaired) electrons. The van der Waals surface area contributed by atoms with E-state index in [4.69, 9.17) is 10.7 Å². The van der Waals surface area contributed by atoms with Gasteiger partial charge in [0.15, 0.2) is 0 Å². The van der Waals surface area contributed by atoms with E-state index in [0.717, 1.165) is 17.8 Å². The van der Waals surface area contributed by atoms with Crippen molar-refractivity contribution in [2.45, 2.75) is 39.5 Å². The Morgan fingerprint density at radius 3 is 2.54 bits per heavy atom. The zero-order valence-corrected chi connectivity index (χ0v) is 8.75. The zero-order valence-electron chi connectivity index (χ0n) is 8.75. The second-order valence-electron chi connectivity index (χ2n) is 5.58. The molecule has 3 unspecified atom stereocenters.